The van der Waals surface area contributed by atoms with Gasteiger partial charge >= 0.3 is 0 Å². The molecule has 2 fully saturated rings. The van der Waals surface area contributed by atoms with Gasteiger partial charge in [-0.1, -0.05) is 51.7 Å². The normalized spacial score (nSPS) is 28.4. The van der Waals surface area contributed by atoms with Gasteiger partial charge in [0, 0.05) is 11.1 Å². The smallest absolute Gasteiger partial charge is 0.167 e. The van der Waals surface area contributed by atoms with E-state index in [9.17, 15) is 4.39 Å². The van der Waals surface area contributed by atoms with Gasteiger partial charge in [-0.05, 0) is 77.7 Å². The lowest BCUT2D eigenvalue weighted by Gasteiger charge is -2.33. The molecule has 0 aliphatic heterocycles. The number of hydrogen-bond donors (Lipinski definition) is 0. The highest BCUT2D eigenvalue weighted by Crippen LogP contribution is 2.54. The molecule has 3 aliphatic carbocycles. The highest BCUT2D eigenvalue weighted by atomic mass is 19.2. The fraction of sp³-hybridized carbons (Fsp3) is 0.538. The van der Waals surface area contributed by atoms with E-state index in [2.05, 4.69) is 13.8 Å². The average molecular weight is 399 g/mol. The molecule has 2 aromatic carbocycles. The first-order valence-corrected chi connectivity index (χ1v) is 11.3. The maximum absolute atomic E-state index is 15.4. The largest absolute Gasteiger partial charge is 0.206 e. The Balaban J connectivity index is 1.51. The van der Waals surface area contributed by atoms with E-state index in [1.165, 1.54) is 0 Å². The molecule has 0 aromatic heterocycles. The summed E-state index contributed by atoms with van der Waals surface area (Å²) in [5, 5.41) is 0. The van der Waals surface area contributed by atoms with Crippen molar-refractivity contribution < 1.29 is 13.2 Å². The summed E-state index contributed by atoms with van der Waals surface area (Å²) in [6.07, 6.45) is 8.05. The van der Waals surface area contributed by atoms with Gasteiger partial charge in [-0.2, -0.15) is 0 Å². The van der Waals surface area contributed by atoms with Crippen LogP contribution < -0.4 is 0 Å². The molecule has 0 spiro atoms. The molecule has 29 heavy (non-hydrogen) atoms. The predicted molar refractivity (Wildman–Crippen MR) is 111 cm³/mol. The third-order valence-electron chi connectivity index (χ3n) is 7.86. The van der Waals surface area contributed by atoms with Gasteiger partial charge in [0.2, 0.25) is 0 Å². The summed E-state index contributed by atoms with van der Waals surface area (Å²) >= 11 is 0. The Hall–Kier alpha value is -1.77. The fourth-order valence-corrected chi connectivity index (χ4v) is 5.86. The molecule has 0 atom stereocenters. The molecule has 3 aliphatic rings. The van der Waals surface area contributed by atoms with E-state index in [-0.39, 0.29) is 23.2 Å². The molecule has 0 N–H and O–H groups in total. The Morgan fingerprint density at radius 3 is 1.69 bits per heavy atom. The second kappa shape index (κ2) is 7.18. The molecule has 0 bridgehead atoms. The summed E-state index contributed by atoms with van der Waals surface area (Å²) in [6, 6.07) is 5.62. The number of rotatable bonds is 2. The van der Waals surface area contributed by atoms with Crippen molar-refractivity contribution in [2.24, 2.45) is 11.8 Å². The molecule has 0 unspecified atom stereocenters. The van der Waals surface area contributed by atoms with Gasteiger partial charge in [0.15, 0.2) is 11.6 Å². The van der Waals surface area contributed by atoms with Crippen LogP contribution in [0.5, 0.6) is 0 Å². The van der Waals surface area contributed by atoms with Gasteiger partial charge in [0.25, 0.3) is 0 Å². The summed E-state index contributed by atoms with van der Waals surface area (Å²) in [6.45, 7) is 4.46. The van der Waals surface area contributed by atoms with Crippen molar-refractivity contribution in [2.75, 3.05) is 0 Å². The van der Waals surface area contributed by atoms with Crippen molar-refractivity contribution >= 4 is 0 Å². The molecule has 0 radical (unpaired) electrons. The maximum Gasteiger partial charge on any atom is 0.167 e. The summed E-state index contributed by atoms with van der Waals surface area (Å²) in [7, 11) is 0. The molecule has 0 saturated heterocycles. The monoisotopic (exact) mass is 398 g/mol. The van der Waals surface area contributed by atoms with Gasteiger partial charge in [0.05, 0.1) is 0 Å². The van der Waals surface area contributed by atoms with Crippen molar-refractivity contribution in [3.8, 4) is 22.3 Å². The van der Waals surface area contributed by atoms with Crippen LogP contribution in [0.2, 0.25) is 0 Å². The van der Waals surface area contributed by atoms with Gasteiger partial charge in [-0.25, -0.2) is 13.2 Å². The lowest BCUT2D eigenvalue weighted by molar-refractivity contribution is 0.339. The minimum absolute atomic E-state index is 0.0726. The molecular weight excluding hydrogens is 369 g/mol. The van der Waals surface area contributed by atoms with Crippen molar-refractivity contribution in [1.82, 2.24) is 0 Å². The molecular formula is C26H29F3. The zero-order valence-corrected chi connectivity index (χ0v) is 17.3. The Morgan fingerprint density at radius 1 is 0.586 bits per heavy atom. The Morgan fingerprint density at radius 2 is 1.10 bits per heavy atom. The van der Waals surface area contributed by atoms with Gasteiger partial charge in [-0.15, -0.1) is 0 Å². The quantitative estimate of drug-likeness (QED) is 0.407. The molecule has 2 aromatic rings. The van der Waals surface area contributed by atoms with E-state index in [1.807, 2.05) is 12.1 Å². The van der Waals surface area contributed by atoms with Gasteiger partial charge in [0.1, 0.15) is 5.82 Å². The van der Waals surface area contributed by atoms with Crippen LogP contribution in [-0.4, -0.2) is 0 Å². The third-order valence-corrected chi connectivity index (χ3v) is 7.86. The van der Waals surface area contributed by atoms with Crippen LogP contribution in [-0.2, 0) is 0 Å². The van der Waals surface area contributed by atoms with Gasteiger partial charge in [-0.3, -0.25) is 0 Å². The van der Waals surface area contributed by atoms with Crippen LogP contribution in [0, 0.1) is 29.3 Å². The average Bonchev–Trinajstić information content (AvgIpc) is 2.70. The van der Waals surface area contributed by atoms with Crippen LogP contribution in [0.15, 0.2) is 18.2 Å². The van der Waals surface area contributed by atoms with E-state index < -0.39 is 11.6 Å². The molecule has 0 amide bonds. The Bertz CT molecular complexity index is 945. The standard InChI is InChI=1S/C26H29F3/c1-14-3-7-16(8-4-14)18-11-12-19-21-13-20(17-9-5-15(2)6-10-17)25(28)26(29)23(21)22(19)24(18)27/h11-17H,3-10H2,1-2H3. The van der Waals surface area contributed by atoms with E-state index in [0.29, 0.717) is 34.1 Å². The number of benzene rings is 2. The zero-order valence-electron chi connectivity index (χ0n) is 17.3. The lowest BCUT2D eigenvalue weighted by Crippen LogP contribution is -2.17. The summed E-state index contributed by atoms with van der Waals surface area (Å²) in [5.74, 6) is -0.328. The minimum atomic E-state index is -0.850. The molecule has 5 rings (SSSR count). The van der Waals surface area contributed by atoms with Crippen LogP contribution in [0.25, 0.3) is 22.3 Å². The first-order valence-electron chi connectivity index (χ1n) is 11.3. The predicted octanol–water partition coefficient (Wildman–Crippen LogP) is 8.34. The Kier molecular flexibility index (Phi) is 4.75. The first-order chi connectivity index (χ1) is 14.0. The molecule has 2 saturated carbocycles. The lowest BCUT2D eigenvalue weighted by atomic mass is 9.72. The topological polar surface area (TPSA) is 0 Å². The minimum Gasteiger partial charge on any atom is -0.206 e. The number of hydrogen-bond acceptors (Lipinski definition) is 0. The second-order valence-corrected chi connectivity index (χ2v) is 9.82. The molecule has 154 valence electrons. The summed E-state index contributed by atoms with van der Waals surface area (Å²) in [5.41, 5.74) is 3.08. The van der Waals surface area contributed by atoms with E-state index >= 15 is 8.78 Å². The fourth-order valence-electron chi connectivity index (χ4n) is 5.86. The van der Waals surface area contributed by atoms with Crippen LogP contribution >= 0.6 is 0 Å². The highest BCUT2D eigenvalue weighted by molar-refractivity contribution is 6.03. The van der Waals surface area contributed by atoms with Crippen molar-refractivity contribution in [1.29, 1.82) is 0 Å². The highest BCUT2D eigenvalue weighted by Gasteiger charge is 2.36. The van der Waals surface area contributed by atoms with Crippen LogP contribution in [0.3, 0.4) is 0 Å². The van der Waals surface area contributed by atoms with E-state index in [0.717, 1.165) is 56.9 Å². The first kappa shape index (κ1) is 19.2. The van der Waals surface area contributed by atoms with Gasteiger partial charge < -0.3 is 0 Å². The second-order valence-electron chi connectivity index (χ2n) is 9.82. The summed E-state index contributed by atoms with van der Waals surface area (Å²) in [4.78, 5) is 0. The SMILES string of the molecule is CC1CCC(c2cc3c(c(F)c2F)-c2c-3ccc(C3CCC(C)CC3)c2F)CC1. The van der Waals surface area contributed by atoms with E-state index in [1.54, 1.807) is 6.07 Å². The van der Waals surface area contributed by atoms with Crippen molar-refractivity contribution in [3.05, 3.63) is 46.8 Å². The Labute approximate surface area is 171 Å². The van der Waals surface area contributed by atoms with Crippen molar-refractivity contribution in [2.45, 2.75) is 77.0 Å². The number of halogens is 3. The molecule has 0 heterocycles. The van der Waals surface area contributed by atoms with Crippen LogP contribution in [0.4, 0.5) is 13.2 Å². The third kappa shape index (κ3) is 3.04. The molecule has 0 nitrogen and oxygen atoms in total. The maximum atomic E-state index is 15.4. The van der Waals surface area contributed by atoms with Crippen LogP contribution in [0.1, 0.15) is 88.2 Å². The molecule has 3 heteroatoms. The summed E-state index contributed by atoms with van der Waals surface area (Å²) < 4.78 is 45.5. The zero-order chi connectivity index (χ0) is 20.3. The van der Waals surface area contributed by atoms with Crippen molar-refractivity contribution in [3.63, 3.8) is 0 Å². The van der Waals surface area contributed by atoms with E-state index in [4.69, 9.17) is 0 Å². The number of fused-ring (bicyclic) bond motifs is 4.